The van der Waals surface area contributed by atoms with E-state index in [0.717, 1.165) is 53.9 Å². The highest BCUT2D eigenvalue weighted by atomic mass is 16.7. The molecule has 2 amide bonds. The number of carbonyl (C=O) groups excluding carboxylic acids is 2. The molecular weight excluding hydrogens is 582 g/mol. The molecule has 46 heavy (non-hydrogen) atoms. The van der Waals surface area contributed by atoms with Crippen LogP contribution in [-0.2, 0) is 38.6 Å². The summed E-state index contributed by atoms with van der Waals surface area (Å²) in [6.45, 7) is 3.37. The van der Waals surface area contributed by atoms with Gasteiger partial charge in [0.1, 0.15) is 6.04 Å². The highest BCUT2D eigenvalue weighted by molar-refractivity contribution is 5.83. The van der Waals surface area contributed by atoms with Crippen LogP contribution >= 0.6 is 0 Å². The number of nitrogens with zero attached hydrogens (tertiary/aromatic N) is 1. The first kappa shape index (κ1) is 33.6. The number of esters is 1. The van der Waals surface area contributed by atoms with Gasteiger partial charge in [0.2, 0.25) is 0 Å². The van der Waals surface area contributed by atoms with Crippen molar-refractivity contribution >= 4 is 12.0 Å². The molecule has 9 heteroatoms. The Hall–Kier alpha value is -3.76. The third-order valence-corrected chi connectivity index (χ3v) is 8.80. The van der Waals surface area contributed by atoms with Gasteiger partial charge in [-0.1, -0.05) is 98.1 Å². The van der Waals surface area contributed by atoms with Crippen molar-refractivity contribution in [3.63, 3.8) is 0 Å². The average molecular weight is 630 g/mol. The zero-order valence-electron chi connectivity index (χ0n) is 26.7. The number of hydrogen-bond donors (Lipinski definition) is 3. The summed E-state index contributed by atoms with van der Waals surface area (Å²) in [6.07, 6.45) is 6.81. The number of hydrogen-bond acceptors (Lipinski definition) is 7. The Balaban J connectivity index is 1.21. The molecule has 0 spiro atoms. The zero-order valence-corrected chi connectivity index (χ0v) is 26.7. The van der Waals surface area contributed by atoms with Crippen molar-refractivity contribution in [1.82, 2.24) is 15.5 Å². The lowest BCUT2D eigenvalue weighted by Crippen LogP contribution is -2.47. The fourth-order valence-electron chi connectivity index (χ4n) is 6.19. The normalized spacial score (nSPS) is 21.4. The van der Waals surface area contributed by atoms with Gasteiger partial charge >= 0.3 is 12.0 Å². The van der Waals surface area contributed by atoms with Crippen LogP contribution in [0.1, 0.15) is 78.7 Å². The minimum Gasteiger partial charge on any atom is -0.467 e. The van der Waals surface area contributed by atoms with E-state index in [0.29, 0.717) is 6.42 Å². The maximum atomic E-state index is 12.7. The summed E-state index contributed by atoms with van der Waals surface area (Å²) >= 11 is 0. The van der Waals surface area contributed by atoms with E-state index in [9.17, 15) is 14.7 Å². The van der Waals surface area contributed by atoms with E-state index >= 15 is 0 Å². The van der Waals surface area contributed by atoms with Gasteiger partial charge in [0.15, 0.2) is 6.29 Å². The molecule has 2 saturated heterocycles. The Labute approximate surface area is 272 Å². The molecule has 9 nitrogen and oxygen atoms in total. The van der Waals surface area contributed by atoms with Crippen LogP contribution in [0, 0.1) is 0 Å². The standard InChI is InChI=1S/C37H47N3O6/c1-44-35(42)33(22-27-10-6-5-7-11-27)39-37(43)38-24-28-12-18-31(19-13-28)36-45-32(25-40-20-8-3-2-4-9-21-40)23-34(46-36)30-16-14-29(26-41)15-17-30/h5-7,10-19,32-34,36,41H,2-4,8-9,20-26H2,1H3,(H2,38,39,43)/t32-,33+,34+,36+/m1/s1. The van der Waals surface area contributed by atoms with Crippen molar-refractivity contribution in [3.8, 4) is 0 Å². The number of ether oxygens (including phenoxy) is 3. The van der Waals surface area contributed by atoms with E-state index in [4.69, 9.17) is 14.2 Å². The second kappa shape index (κ2) is 17.2. The van der Waals surface area contributed by atoms with Gasteiger partial charge in [-0.2, -0.15) is 0 Å². The molecule has 2 aliphatic rings. The molecule has 3 aromatic rings. The molecule has 0 unspecified atom stereocenters. The Morgan fingerprint density at radius 3 is 2.17 bits per heavy atom. The monoisotopic (exact) mass is 629 g/mol. The molecule has 0 saturated carbocycles. The summed E-state index contributed by atoms with van der Waals surface area (Å²) in [4.78, 5) is 27.6. The summed E-state index contributed by atoms with van der Waals surface area (Å²) in [5.74, 6) is -0.497. The number of urea groups is 1. The van der Waals surface area contributed by atoms with E-state index in [1.807, 2.05) is 78.9 Å². The van der Waals surface area contributed by atoms with Crippen LogP contribution in [0.15, 0.2) is 78.9 Å². The molecule has 0 bridgehead atoms. The Morgan fingerprint density at radius 1 is 0.848 bits per heavy atom. The number of aliphatic hydroxyl groups excluding tert-OH is 1. The third kappa shape index (κ3) is 9.87. The molecule has 0 radical (unpaired) electrons. The van der Waals surface area contributed by atoms with Gasteiger partial charge in [0.05, 0.1) is 25.9 Å². The molecule has 2 fully saturated rings. The fraction of sp³-hybridized carbons (Fsp3) is 0.459. The number of nitrogens with one attached hydrogen (secondary N) is 2. The van der Waals surface area contributed by atoms with Crippen molar-refractivity contribution in [1.29, 1.82) is 0 Å². The Morgan fingerprint density at radius 2 is 1.50 bits per heavy atom. The molecule has 0 aliphatic carbocycles. The minimum absolute atomic E-state index is 0.0114. The molecule has 2 heterocycles. The number of likely N-dealkylation sites (tertiary alicyclic amines) is 1. The van der Waals surface area contributed by atoms with Crippen molar-refractivity contribution in [2.24, 2.45) is 0 Å². The highest BCUT2D eigenvalue weighted by Gasteiger charge is 2.33. The first-order valence-corrected chi connectivity index (χ1v) is 16.5. The van der Waals surface area contributed by atoms with Gasteiger partial charge in [-0.05, 0) is 48.2 Å². The summed E-state index contributed by atoms with van der Waals surface area (Å²) in [5, 5.41) is 15.1. The molecule has 246 valence electrons. The molecule has 0 aromatic heterocycles. The second-order valence-electron chi connectivity index (χ2n) is 12.3. The Kier molecular flexibility index (Phi) is 12.6. The largest absolute Gasteiger partial charge is 0.467 e. The summed E-state index contributed by atoms with van der Waals surface area (Å²) < 4.78 is 18.0. The predicted octanol–water partition coefficient (Wildman–Crippen LogP) is 5.57. The lowest BCUT2D eigenvalue weighted by Gasteiger charge is -2.38. The lowest BCUT2D eigenvalue weighted by molar-refractivity contribution is -0.253. The molecular formula is C37H47N3O6. The molecule has 3 aromatic carbocycles. The minimum atomic E-state index is -0.796. The van der Waals surface area contributed by atoms with Crippen molar-refractivity contribution in [3.05, 3.63) is 107 Å². The van der Waals surface area contributed by atoms with E-state index in [1.54, 1.807) is 0 Å². The van der Waals surface area contributed by atoms with E-state index in [-0.39, 0.29) is 25.4 Å². The van der Waals surface area contributed by atoms with Crippen LogP contribution in [0.5, 0.6) is 0 Å². The highest BCUT2D eigenvalue weighted by Crippen LogP contribution is 2.38. The molecule has 4 atom stereocenters. The fourth-order valence-corrected chi connectivity index (χ4v) is 6.19. The van der Waals surface area contributed by atoms with Crippen molar-refractivity contribution < 1.29 is 28.9 Å². The van der Waals surface area contributed by atoms with Gasteiger partial charge in [0, 0.05) is 31.5 Å². The maximum Gasteiger partial charge on any atom is 0.328 e. The van der Waals surface area contributed by atoms with Gasteiger partial charge in [-0.15, -0.1) is 0 Å². The van der Waals surface area contributed by atoms with E-state index in [2.05, 4.69) is 15.5 Å². The second-order valence-corrected chi connectivity index (χ2v) is 12.3. The summed E-state index contributed by atoms with van der Waals surface area (Å²) in [6, 6.07) is 24.1. The maximum absolute atomic E-state index is 12.7. The number of carbonyl (C=O) groups is 2. The topological polar surface area (TPSA) is 109 Å². The third-order valence-electron chi connectivity index (χ3n) is 8.80. The number of methoxy groups -OCH3 is 1. The SMILES string of the molecule is COC(=O)[C@H](Cc1ccccc1)NC(=O)NCc1ccc([C@H]2O[C@@H](CN3CCCCCCC3)C[C@@H](c3ccc(CO)cc3)O2)cc1. The van der Waals surface area contributed by atoms with Crippen LogP contribution in [-0.4, -0.2) is 60.9 Å². The quantitative estimate of drug-likeness (QED) is 0.238. The lowest BCUT2D eigenvalue weighted by atomic mass is 9.99. The smallest absolute Gasteiger partial charge is 0.328 e. The number of benzene rings is 3. The van der Waals surface area contributed by atoms with Crippen LogP contribution < -0.4 is 10.6 Å². The number of rotatable bonds is 11. The first-order chi connectivity index (χ1) is 22.5. The van der Waals surface area contributed by atoms with Crippen LogP contribution in [0.3, 0.4) is 0 Å². The number of amides is 2. The number of aliphatic hydroxyl groups is 1. The van der Waals surface area contributed by atoms with E-state index in [1.165, 1.54) is 39.2 Å². The van der Waals surface area contributed by atoms with Crippen LogP contribution in [0.4, 0.5) is 4.79 Å². The predicted molar refractivity (Wildman–Crippen MR) is 176 cm³/mol. The molecule has 2 aliphatic heterocycles. The summed E-state index contributed by atoms with van der Waals surface area (Å²) in [5.41, 5.74) is 4.69. The zero-order chi connectivity index (χ0) is 32.1. The van der Waals surface area contributed by atoms with Crippen LogP contribution in [0.2, 0.25) is 0 Å². The Bertz CT molecular complexity index is 1360. The first-order valence-electron chi connectivity index (χ1n) is 16.5. The van der Waals surface area contributed by atoms with Crippen LogP contribution in [0.25, 0.3) is 0 Å². The van der Waals surface area contributed by atoms with Gasteiger partial charge in [-0.3, -0.25) is 0 Å². The average Bonchev–Trinajstić information content (AvgIpc) is 3.08. The van der Waals surface area contributed by atoms with Gasteiger partial charge in [0.25, 0.3) is 0 Å². The van der Waals surface area contributed by atoms with Gasteiger partial charge in [-0.25, -0.2) is 9.59 Å². The molecule has 5 rings (SSSR count). The van der Waals surface area contributed by atoms with Crippen molar-refractivity contribution in [2.75, 3.05) is 26.7 Å². The van der Waals surface area contributed by atoms with E-state index < -0.39 is 24.3 Å². The van der Waals surface area contributed by atoms with Gasteiger partial charge < -0.3 is 34.9 Å². The molecule has 3 N–H and O–H groups in total. The van der Waals surface area contributed by atoms with Crippen molar-refractivity contribution in [2.45, 2.75) is 82.6 Å². The summed E-state index contributed by atoms with van der Waals surface area (Å²) in [7, 11) is 1.31.